The van der Waals surface area contributed by atoms with Crippen LogP contribution in [0.4, 0.5) is 16.3 Å². The third kappa shape index (κ3) is 4.30. The van der Waals surface area contributed by atoms with Crippen molar-refractivity contribution in [3.8, 4) is 11.3 Å². The molecule has 1 saturated heterocycles. The van der Waals surface area contributed by atoms with E-state index in [1.54, 1.807) is 6.20 Å². The van der Waals surface area contributed by atoms with Crippen molar-refractivity contribution < 1.29 is 9.90 Å². The lowest BCUT2D eigenvalue weighted by Gasteiger charge is -2.30. The Morgan fingerprint density at radius 2 is 1.76 bits per heavy atom. The highest BCUT2D eigenvalue weighted by atomic mass is 16.4. The maximum atomic E-state index is 12.6. The number of aromatic amines is 1. The summed E-state index contributed by atoms with van der Waals surface area (Å²) in [5.41, 5.74) is 3.61. The van der Waals surface area contributed by atoms with Gasteiger partial charge in [0, 0.05) is 30.5 Å². The number of hydrogen-bond donors (Lipinski definition) is 3. The standard InChI is InChI=1S/C26H24N4O3/c31-25-23-20(10-13-27-25)16-22(19-4-2-1-3-5-19)29-24(23)28-21-8-6-17(7-9-21)18-11-14-30(15-12-18)26(32)33/h1-10,13,16,18H,11-12,14-15H2,(H,27,31)(H,28,29)(H,32,33). The molecule has 2 aromatic heterocycles. The Bertz CT molecular complexity index is 1340. The molecule has 1 aliphatic rings. The molecule has 33 heavy (non-hydrogen) atoms. The van der Waals surface area contributed by atoms with E-state index >= 15 is 0 Å². The molecule has 0 unspecified atom stereocenters. The largest absolute Gasteiger partial charge is 0.465 e. The van der Waals surface area contributed by atoms with E-state index in [9.17, 15) is 9.59 Å². The fourth-order valence-corrected chi connectivity index (χ4v) is 4.44. The number of anilines is 2. The average Bonchev–Trinajstić information content (AvgIpc) is 2.85. The summed E-state index contributed by atoms with van der Waals surface area (Å²) in [5.74, 6) is 0.855. The molecule has 0 saturated carbocycles. The second kappa shape index (κ2) is 8.78. The second-order valence-corrected chi connectivity index (χ2v) is 8.28. The third-order valence-electron chi connectivity index (χ3n) is 6.23. The SMILES string of the molecule is O=C(O)N1CCC(c2ccc(Nc3nc(-c4ccccc4)cc4cc[nH]c(=O)c34)cc2)CC1. The lowest BCUT2D eigenvalue weighted by atomic mass is 9.89. The molecule has 5 rings (SSSR count). The molecule has 0 atom stereocenters. The van der Waals surface area contributed by atoms with Crippen LogP contribution in [0, 0.1) is 0 Å². The van der Waals surface area contributed by atoms with Crippen LogP contribution in [0.3, 0.4) is 0 Å². The average molecular weight is 441 g/mol. The zero-order valence-electron chi connectivity index (χ0n) is 18.0. The molecule has 0 aliphatic carbocycles. The Kier molecular flexibility index (Phi) is 5.52. The maximum absolute atomic E-state index is 12.6. The Hall–Kier alpha value is -4.13. The minimum Gasteiger partial charge on any atom is -0.465 e. The van der Waals surface area contributed by atoms with Crippen molar-refractivity contribution in [3.63, 3.8) is 0 Å². The van der Waals surface area contributed by atoms with E-state index < -0.39 is 6.09 Å². The summed E-state index contributed by atoms with van der Waals surface area (Å²) in [5, 5.41) is 13.8. The first-order valence-corrected chi connectivity index (χ1v) is 11.0. The van der Waals surface area contributed by atoms with E-state index in [1.165, 1.54) is 10.5 Å². The Morgan fingerprint density at radius 3 is 2.45 bits per heavy atom. The first kappa shape index (κ1) is 20.8. The number of rotatable bonds is 4. The number of pyridine rings is 2. The van der Waals surface area contributed by atoms with Crippen LogP contribution < -0.4 is 10.9 Å². The van der Waals surface area contributed by atoms with Gasteiger partial charge in [0.05, 0.1) is 11.1 Å². The van der Waals surface area contributed by atoms with Gasteiger partial charge in [0.15, 0.2) is 0 Å². The first-order valence-electron chi connectivity index (χ1n) is 11.0. The number of fused-ring (bicyclic) bond motifs is 1. The monoisotopic (exact) mass is 440 g/mol. The minimum absolute atomic E-state index is 0.191. The molecule has 0 spiro atoms. The van der Waals surface area contributed by atoms with Gasteiger partial charge in [-0.15, -0.1) is 0 Å². The van der Waals surface area contributed by atoms with Gasteiger partial charge in [-0.25, -0.2) is 9.78 Å². The number of hydrogen-bond acceptors (Lipinski definition) is 4. The predicted octanol–water partition coefficient (Wildman–Crippen LogP) is 5.19. The summed E-state index contributed by atoms with van der Waals surface area (Å²) in [6.07, 6.45) is 2.44. The molecule has 3 heterocycles. The second-order valence-electron chi connectivity index (χ2n) is 8.28. The summed E-state index contributed by atoms with van der Waals surface area (Å²) in [6.45, 7) is 1.12. The van der Waals surface area contributed by atoms with Gasteiger partial charge >= 0.3 is 6.09 Å². The minimum atomic E-state index is -0.847. The molecular weight excluding hydrogens is 416 g/mol. The van der Waals surface area contributed by atoms with Crippen molar-refractivity contribution in [3.05, 3.63) is 88.8 Å². The van der Waals surface area contributed by atoms with Crippen molar-refractivity contribution in [1.29, 1.82) is 0 Å². The van der Waals surface area contributed by atoms with Gasteiger partial charge in [0.25, 0.3) is 5.56 Å². The summed E-state index contributed by atoms with van der Waals surface area (Å²) in [4.78, 5) is 32.7. The zero-order chi connectivity index (χ0) is 22.8. The van der Waals surface area contributed by atoms with Crippen LogP contribution in [-0.4, -0.2) is 39.2 Å². The quantitative estimate of drug-likeness (QED) is 0.406. The van der Waals surface area contributed by atoms with Crippen LogP contribution in [-0.2, 0) is 0 Å². The van der Waals surface area contributed by atoms with Crippen molar-refractivity contribution in [2.75, 3.05) is 18.4 Å². The highest BCUT2D eigenvalue weighted by Gasteiger charge is 2.23. The number of H-pyrrole nitrogens is 1. The number of nitrogens with zero attached hydrogens (tertiary/aromatic N) is 2. The van der Waals surface area contributed by atoms with Crippen LogP contribution in [0.5, 0.6) is 0 Å². The van der Waals surface area contributed by atoms with E-state index in [0.717, 1.165) is 35.2 Å². The van der Waals surface area contributed by atoms with E-state index in [1.807, 2.05) is 54.6 Å². The van der Waals surface area contributed by atoms with Crippen molar-refractivity contribution in [2.45, 2.75) is 18.8 Å². The molecule has 1 fully saturated rings. The van der Waals surface area contributed by atoms with Crippen molar-refractivity contribution in [2.24, 2.45) is 0 Å². The van der Waals surface area contributed by atoms with Crippen LogP contribution >= 0.6 is 0 Å². The van der Waals surface area contributed by atoms with E-state index in [2.05, 4.69) is 22.4 Å². The summed E-state index contributed by atoms with van der Waals surface area (Å²) in [6, 6.07) is 21.8. The fraction of sp³-hybridized carbons (Fsp3) is 0.192. The molecule has 1 amide bonds. The number of carboxylic acid groups (broad SMARTS) is 1. The highest BCUT2D eigenvalue weighted by Crippen LogP contribution is 2.31. The Morgan fingerprint density at radius 1 is 1.03 bits per heavy atom. The predicted molar refractivity (Wildman–Crippen MR) is 129 cm³/mol. The van der Waals surface area contributed by atoms with E-state index in [-0.39, 0.29) is 5.56 Å². The smallest absolute Gasteiger partial charge is 0.407 e. The molecule has 2 aromatic carbocycles. The van der Waals surface area contributed by atoms with Gasteiger partial charge in [-0.3, -0.25) is 4.79 Å². The molecular formula is C26H24N4O3. The van der Waals surface area contributed by atoms with Gasteiger partial charge in [-0.1, -0.05) is 42.5 Å². The lowest BCUT2D eigenvalue weighted by molar-refractivity contribution is 0.132. The number of aromatic nitrogens is 2. The number of amides is 1. The number of carbonyl (C=O) groups is 1. The summed E-state index contributed by atoms with van der Waals surface area (Å²) < 4.78 is 0. The molecule has 0 bridgehead atoms. The highest BCUT2D eigenvalue weighted by molar-refractivity contribution is 5.95. The van der Waals surface area contributed by atoms with Crippen LogP contribution in [0.15, 0.2) is 77.7 Å². The number of nitrogens with one attached hydrogen (secondary N) is 2. The molecule has 7 nitrogen and oxygen atoms in total. The van der Waals surface area contributed by atoms with Crippen molar-refractivity contribution in [1.82, 2.24) is 14.9 Å². The van der Waals surface area contributed by atoms with Crippen molar-refractivity contribution >= 4 is 28.4 Å². The fourth-order valence-electron chi connectivity index (χ4n) is 4.44. The molecule has 4 aromatic rings. The first-order chi connectivity index (χ1) is 16.1. The van der Waals surface area contributed by atoms with E-state index in [0.29, 0.717) is 30.2 Å². The normalized spacial score (nSPS) is 14.4. The van der Waals surface area contributed by atoms with E-state index in [4.69, 9.17) is 10.1 Å². The zero-order valence-corrected chi connectivity index (χ0v) is 18.0. The maximum Gasteiger partial charge on any atom is 0.407 e. The summed E-state index contributed by atoms with van der Waals surface area (Å²) >= 11 is 0. The molecule has 166 valence electrons. The number of piperidine rings is 1. The lowest BCUT2D eigenvalue weighted by Crippen LogP contribution is -2.36. The molecule has 7 heteroatoms. The van der Waals surface area contributed by atoms with Gasteiger partial charge < -0.3 is 20.3 Å². The summed E-state index contributed by atoms with van der Waals surface area (Å²) in [7, 11) is 0. The number of benzene rings is 2. The van der Waals surface area contributed by atoms with Crippen LogP contribution in [0.25, 0.3) is 22.0 Å². The van der Waals surface area contributed by atoms with Crippen LogP contribution in [0.2, 0.25) is 0 Å². The molecule has 3 N–H and O–H groups in total. The van der Waals surface area contributed by atoms with Gasteiger partial charge in [-0.05, 0) is 54.0 Å². The topological polar surface area (TPSA) is 98.3 Å². The van der Waals surface area contributed by atoms with Gasteiger partial charge in [0.1, 0.15) is 5.82 Å². The third-order valence-corrected chi connectivity index (χ3v) is 6.23. The van der Waals surface area contributed by atoms with Gasteiger partial charge in [0.2, 0.25) is 0 Å². The molecule has 1 aliphatic heterocycles. The molecule has 0 radical (unpaired) electrons. The van der Waals surface area contributed by atoms with Crippen LogP contribution in [0.1, 0.15) is 24.3 Å². The number of likely N-dealkylation sites (tertiary alicyclic amines) is 1. The Labute approximate surface area is 190 Å². The Balaban J connectivity index is 1.43. The van der Waals surface area contributed by atoms with Gasteiger partial charge in [-0.2, -0.15) is 0 Å².